The van der Waals surface area contributed by atoms with E-state index in [0.717, 1.165) is 11.1 Å². The second-order valence-corrected chi connectivity index (χ2v) is 6.95. The molecule has 138 valence electrons. The van der Waals surface area contributed by atoms with Gasteiger partial charge in [-0.3, -0.25) is 9.69 Å². The maximum atomic E-state index is 13.4. The predicted molar refractivity (Wildman–Crippen MR) is 89.4 cm³/mol. The highest BCUT2D eigenvalue weighted by Gasteiger charge is 2.52. The van der Waals surface area contributed by atoms with Crippen molar-refractivity contribution in [1.82, 2.24) is 15.5 Å². The SMILES string of the molecule is Cc1ccccc1C1(C(=O)NCC(N2CCNCC2)C(F)(F)F)CC1. The number of benzene rings is 1. The fraction of sp³-hybridized carbons (Fsp3) is 0.611. The molecule has 25 heavy (non-hydrogen) atoms. The van der Waals surface area contributed by atoms with Crippen LogP contribution < -0.4 is 10.6 Å². The van der Waals surface area contributed by atoms with Gasteiger partial charge in [0.2, 0.25) is 5.91 Å². The Morgan fingerprint density at radius 1 is 1.28 bits per heavy atom. The first-order valence-corrected chi connectivity index (χ1v) is 8.70. The Morgan fingerprint density at radius 2 is 1.92 bits per heavy atom. The van der Waals surface area contributed by atoms with E-state index in [2.05, 4.69) is 10.6 Å². The van der Waals surface area contributed by atoms with Crippen LogP contribution in [-0.2, 0) is 10.2 Å². The van der Waals surface area contributed by atoms with Gasteiger partial charge in [0.1, 0.15) is 6.04 Å². The number of halogens is 3. The van der Waals surface area contributed by atoms with Crippen molar-refractivity contribution in [3.63, 3.8) is 0 Å². The van der Waals surface area contributed by atoms with Gasteiger partial charge in [0.15, 0.2) is 0 Å². The van der Waals surface area contributed by atoms with Gasteiger partial charge >= 0.3 is 6.18 Å². The molecular formula is C18H24F3N3O. The summed E-state index contributed by atoms with van der Waals surface area (Å²) < 4.78 is 40.3. The molecule has 2 fully saturated rings. The first-order chi connectivity index (χ1) is 11.8. The van der Waals surface area contributed by atoms with Gasteiger partial charge in [-0.25, -0.2) is 0 Å². The number of hydrogen-bond donors (Lipinski definition) is 2. The van der Waals surface area contributed by atoms with E-state index in [1.54, 1.807) is 0 Å². The van der Waals surface area contributed by atoms with E-state index in [9.17, 15) is 18.0 Å². The van der Waals surface area contributed by atoms with Crippen LogP contribution in [0.15, 0.2) is 24.3 Å². The summed E-state index contributed by atoms with van der Waals surface area (Å²) in [6.07, 6.45) is -2.98. The van der Waals surface area contributed by atoms with E-state index in [1.807, 2.05) is 31.2 Å². The molecule has 1 aromatic carbocycles. The molecule has 0 aromatic heterocycles. The molecule has 1 heterocycles. The van der Waals surface area contributed by atoms with E-state index in [1.165, 1.54) is 4.90 Å². The lowest BCUT2D eigenvalue weighted by molar-refractivity contribution is -0.184. The monoisotopic (exact) mass is 355 g/mol. The Bertz CT molecular complexity index is 622. The van der Waals surface area contributed by atoms with Crippen molar-refractivity contribution >= 4 is 5.91 Å². The zero-order valence-corrected chi connectivity index (χ0v) is 14.3. The molecule has 1 aliphatic carbocycles. The molecule has 1 amide bonds. The van der Waals surface area contributed by atoms with Crippen molar-refractivity contribution in [2.45, 2.75) is 37.4 Å². The number of piperazine rings is 1. The van der Waals surface area contributed by atoms with Gasteiger partial charge in [-0.05, 0) is 30.9 Å². The molecule has 1 atom stereocenters. The van der Waals surface area contributed by atoms with Crippen LogP contribution in [0.3, 0.4) is 0 Å². The molecule has 1 aromatic rings. The summed E-state index contributed by atoms with van der Waals surface area (Å²) in [5.41, 5.74) is 1.29. The first kappa shape index (κ1) is 18.2. The van der Waals surface area contributed by atoms with Crippen LogP contribution in [-0.4, -0.2) is 55.7 Å². The molecule has 0 bridgehead atoms. The molecular weight excluding hydrogens is 331 g/mol. The molecule has 0 radical (unpaired) electrons. The number of alkyl halides is 3. The highest BCUT2D eigenvalue weighted by molar-refractivity contribution is 5.91. The Hall–Kier alpha value is -1.60. The van der Waals surface area contributed by atoms with Gasteiger partial charge in [0.05, 0.1) is 5.41 Å². The van der Waals surface area contributed by atoms with Crippen LogP contribution in [0.4, 0.5) is 13.2 Å². The van der Waals surface area contributed by atoms with Gasteiger partial charge in [-0.1, -0.05) is 24.3 Å². The number of carbonyl (C=O) groups excluding carboxylic acids is 1. The number of hydrogen-bond acceptors (Lipinski definition) is 3. The number of rotatable bonds is 5. The zero-order valence-electron chi connectivity index (χ0n) is 14.3. The second kappa shape index (κ2) is 6.96. The molecule has 1 aliphatic heterocycles. The average Bonchev–Trinajstić information content (AvgIpc) is 3.37. The lowest BCUT2D eigenvalue weighted by atomic mass is 9.91. The highest BCUT2D eigenvalue weighted by Crippen LogP contribution is 2.49. The van der Waals surface area contributed by atoms with Crippen molar-refractivity contribution in [2.75, 3.05) is 32.7 Å². The van der Waals surface area contributed by atoms with E-state index in [4.69, 9.17) is 0 Å². The van der Waals surface area contributed by atoms with Crippen LogP contribution in [0, 0.1) is 6.92 Å². The van der Waals surface area contributed by atoms with E-state index >= 15 is 0 Å². The largest absolute Gasteiger partial charge is 0.405 e. The molecule has 2 N–H and O–H groups in total. The molecule has 1 unspecified atom stereocenters. The van der Waals surface area contributed by atoms with Gasteiger partial charge < -0.3 is 10.6 Å². The molecule has 1 saturated carbocycles. The fourth-order valence-corrected chi connectivity index (χ4v) is 3.66. The third-order valence-electron chi connectivity index (χ3n) is 5.27. The van der Waals surface area contributed by atoms with E-state index < -0.39 is 24.2 Å². The lowest BCUT2D eigenvalue weighted by Gasteiger charge is -2.36. The molecule has 2 aliphatic rings. The lowest BCUT2D eigenvalue weighted by Crippen LogP contribution is -2.58. The smallest absolute Gasteiger partial charge is 0.353 e. The summed E-state index contributed by atoms with van der Waals surface area (Å²) in [7, 11) is 0. The number of nitrogens with zero attached hydrogens (tertiary/aromatic N) is 1. The van der Waals surface area contributed by atoms with Crippen LogP contribution in [0.5, 0.6) is 0 Å². The standard InChI is InChI=1S/C18H24F3N3O/c1-13-4-2-3-5-14(13)17(6-7-17)16(25)23-12-15(18(19,20)21)24-10-8-22-9-11-24/h2-5,15,22H,6-12H2,1H3,(H,23,25). The Kier molecular flexibility index (Phi) is 5.06. The van der Waals surface area contributed by atoms with Gasteiger partial charge in [-0.2, -0.15) is 13.2 Å². The summed E-state index contributed by atoms with van der Waals surface area (Å²) in [4.78, 5) is 14.1. The number of nitrogens with one attached hydrogen (secondary N) is 2. The predicted octanol–water partition coefficient (Wildman–Crippen LogP) is 1.98. The average molecular weight is 355 g/mol. The van der Waals surface area contributed by atoms with Crippen LogP contribution in [0.25, 0.3) is 0 Å². The Morgan fingerprint density at radius 3 is 2.48 bits per heavy atom. The van der Waals surface area contributed by atoms with Crippen LogP contribution >= 0.6 is 0 Å². The summed E-state index contributed by atoms with van der Waals surface area (Å²) in [6, 6.07) is 5.97. The number of aryl methyl sites for hydroxylation is 1. The molecule has 7 heteroatoms. The minimum absolute atomic E-state index is 0.286. The van der Waals surface area contributed by atoms with Crippen LogP contribution in [0.1, 0.15) is 24.0 Å². The van der Waals surface area contributed by atoms with Gasteiger partial charge in [0, 0.05) is 32.7 Å². The summed E-state index contributed by atoms with van der Waals surface area (Å²) >= 11 is 0. The third-order valence-corrected chi connectivity index (χ3v) is 5.27. The highest BCUT2D eigenvalue weighted by atomic mass is 19.4. The minimum atomic E-state index is -4.36. The van der Waals surface area contributed by atoms with Crippen molar-refractivity contribution in [1.29, 1.82) is 0 Å². The van der Waals surface area contributed by atoms with E-state index in [-0.39, 0.29) is 5.91 Å². The van der Waals surface area contributed by atoms with Crippen molar-refractivity contribution in [2.24, 2.45) is 0 Å². The van der Waals surface area contributed by atoms with Crippen molar-refractivity contribution in [3.05, 3.63) is 35.4 Å². The summed E-state index contributed by atoms with van der Waals surface area (Å²) in [6.45, 7) is 3.28. The molecule has 0 spiro atoms. The van der Waals surface area contributed by atoms with Gasteiger partial charge in [-0.15, -0.1) is 0 Å². The van der Waals surface area contributed by atoms with Crippen molar-refractivity contribution in [3.8, 4) is 0 Å². The fourth-order valence-electron chi connectivity index (χ4n) is 3.66. The number of amides is 1. The summed E-state index contributed by atoms with van der Waals surface area (Å²) in [5.74, 6) is -0.286. The van der Waals surface area contributed by atoms with E-state index in [0.29, 0.717) is 39.0 Å². The maximum Gasteiger partial charge on any atom is 0.405 e. The zero-order chi connectivity index (χ0) is 18.1. The maximum absolute atomic E-state index is 13.4. The van der Waals surface area contributed by atoms with Gasteiger partial charge in [0.25, 0.3) is 0 Å². The second-order valence-electron chi connectivity index (χ2n) is 6.95. The topological polar surface area (TPSA) is 44.4 Å². The quantitative estimate of drug-likeness (QED) is 0.849. The third kappa shape index (κ3) is 3.82. The molecule has 4 nitrogen and oxygen atoms in total. The first-order valence-electron chi connectivity index (χ1n) is 8.70. The Balaban J connectivity index is 1.68. The molecule has 3 rings (SSSR count). The minimum Gasteiger partial charge on any atom is -0.353 e. The van der Waals surface area contributed by atoms with Crippen molar-refractivity contribution < 1.29 is 18.0 Å². The number of carbonyl (C=O) groups is 1. The van der Waals surface area contributed by atoms with Crippen LogP contribution in [0.2, 0.25) is 0 Å². The summed E-state index contributed by atoms with van der Waals surface area (Å²) in [5, 5.41) is 5.65. The normalized spacial score (nSPS) is 21.6. The Labute approximate surface area is 145 Å². The molecule has 1 saturated heterocycles.